The maximum atomic E-state index is 14.6. The number of amidine groups is 1. The van der Waals surface area contributed by atoms with Crippen molar-refractivity contribution in [3.8, 4) is 5.75 Å². The first-order chi connectivity index (χ1) is 13.4. The van der Waals surface area contributed by atoms with Crippen molar-refractivity contribution in [3.63, 3.8) is 0 Å². The van der Waals surface area contributed by atoms with E-state index in [1.807, 2.05) is 0 Å². The van der Waals surface area contributed by atoms with Crippen LogP contribution in [0.5, 0.6) is 5.75 Å². The van der Waals surface area contributed by atoms with Crippen LogP contribution < -0.4 is 10.5 Å². The number of halogens is 3. The second kappa shape index (κ2) is 7.33. The fraction of sp³-hybridized carbons (Fsp3) is 0.350. The van der Waals surface area contributed by atoms with E-state index in [1.54, 1.807) is 12.1 Å². The first kappa shape index (κ1) is 19.1. The van der Waals surface area contributed by atoms with E-state index < -0.39 is 23.0 Å². The molecule has 2 aromatic carbocycles. The number of benzene rings is 2. The topological polar surface area (TPSA) is 56.8 Å². The van der Waals surface area contributed by atoms with Crippen molar-refractivity contribution < 1.29 is 22.6 Å². The molecule has 3 atom stereocenters. The zero-order chi connectivity index (χ0) is 19.9. The van der Waals surface area contributed by atoms with Crippen LogP contribution in [0.25, 0.3) is 0 Å². The molecule has 2 aliphatic heterocycles. The fourth-order valence-corrected chi connectivity index (χ4v) is 4.93. The van der Waals surface area contributed by atoms with Crippen LogP contribution >= 0.6 is 11.8 Å². The standard InChI is InChI=1S/C20H19F3N2O2S/c1-26-18-6-11(2-5-15(18)22)17-7-12-9-28-19(24)25-20(12,10-27-17)14-4-3-13(21)8-16(14)23/h2-6,8,12,17H,7,9-10H2,1H3,(H2,24,25)/t12-,17+,20-/m0/s1. The molecule has 2 N–H and O–H groups in total. The van der Waals surface area contributed by atoms with Crippen LogP contribution in [0.15, 0.2) is 41.4 Å². The van der Waals surface area contributed by atoms with Gasteiger partial charge in [0, 0.05) is 23.3 Å². The third-order valence-corrected chi connectivity index (χ3v) is 6.32. The second-order valence-corrected chi connectivity index (χ2v) is 7.98. The lowest BCUT2D eigenvalue weighted by Gasteiger charge is -2.46. The Kier molecular flexibility index (Phi) is 5.01. The van der Waals surface area contributed by atoms with Crippen molar-refractivity contribution in [2.24, 2.45) is 16.6 Å². The third-order valence-electron chi connectivity index (χ3n) is 5.37. The monoisotopic (exact) mass is 408 g/mol. The maximum absolute atomic E-state index is 14.6. The Morgan fingerprint density at radius 1 is 1.18 bits per heavy atom. The highest BCUT2D eigenvalue weighted by Gasteiger charge is 2.49. The largest absolute Gasteiger partial charge is 0.494 e. The van der Waals surface area contributed by atoms with Gasteiger partial charge in [-0.2, -0.15) is 0 Å². The van der Waals surface area contributed by atoms with E-state index in [9.17, 15) is 13.2 Å². The Morgan fingerprint density at radius 2 is 2.00 bits per heavy atom. The molecular weight excluding hydrogens is 389 g/mol. The summed E-state index contributed by atoms with van der Waals surface area (Å²) in [7, 11) is 1.40. The molecular formula is C20H19F3N2O2S. The van der Waals surface area contributed by atoms with Crippen LogP contribution in [0.1, 0.15) is 23.7 Å². The highest BCUT2D eigenvalue weighted by Crippen LogP contribution is 2.49. The molecule has 0 aliphatic carbocycles. The predicted molar refractivity (Wildman–Crippen MR) is 102 cm³/mol. The minimum absolute atomic E-state index is 0.0837. The van der Waals surface area contributed by atoms with Crippen LogP contribution in [0.2, 0.25) is 0 Å². The molecule has 0 aromatic heterocycles. The molecule has 1 saturated heterocycles. The zero-order valence-corrected chi connectivity index (χ0v) is 15.9. The lowest BCUT2D eigenvalue weighted by atomic mass is 9.74. The van der Waals surface area contributed by atoms with Crippen molar-refractivity contribution in [2.75, 3.05) is 19.5 Å². The molecule has 0 saturated carbocycles. The molecule has 148 valence electrons. The van der Waals surface area contributed by atoms with Gasteiger partial charge in [-0.15, -0.1) is 0 Å². The molecule has 0 unspecified atom stereocenters. The van der Waals surface area contributed by atoms with E-state index in [0.29, 0.717) is 17.3 Å². The number of nitrogens with zero attached hydrogens (tertiary/aromatic N) is 1. The summed E-state index contributed by atoms with van der Waals surface area (Å²) in [6.45, 7) is 0.0891. The molecule has 1 fully saturated rings. The van der Waals surface area contributed by atoms with Crippen molar-refractivity contribution >= 4 is 16.9 Å². The second-order valence-electron chi connectivity index (χ2n) is 6.94. The highest BCUT2D eigenvalue weighted by atomic mass is 32.2. The average Bonchev–Trinajstić information content (AvgIpc) is 2.67. The molecule has 0 radical (unpaired) electrons. The van der Waals surface area contributed by atoms with Gasteiger partial charge in [-0.3, -0.25) is 0 Å². The van der Waals surface area contributed by atoms with Crippen LogP contribution in [0.4, 0.5) is 13.2 Å². The van der Waals surface area contributed by atoms with Crippen LogP contribution in [-0.2, 0) is 10.3 Å². The SMILES string of the molecule is COc1cc([C@H]2C[C@H]3CSC(N)=N[C@@]3(c3ccc(F)cc3F)CO2)ccc1F. The molecule has 2 aromatic rings. The van der Waals surface area contributed by atoms with Gasteiger partial charge in [-0.25, -0.2) is 18.2 Å². The quantitative estimate of drug-likeness (QED) is 0.829. The number of hydrogen-bond acceptors (Lipinski definition) is 5. The lowest BCUT2D eigenvalue weighted by Crippen LogP contribution is -2.48. The third kappa shape index (κ3) is 3.24. The zero-order valence-electron chi connectivity index (χ0n) is 15.1. The van der Waals surface area contributed by atoms with E-state index in [2.05, 4.69) is 4.99 Å². The molecule has 0 spiro atoms. The Hall–Kier alpha value is -2.19. The Bertz CT molecular complexity index is 940. The number of ether oxygens (including phenoxy) is 2. The molecule has 2 aliphatic rings. The van der Waals surface area contributed by atoms with Gasteiger partial charge in [-0.05, 0) is 30.2 Å². The number of hydrogen-bond donors (Lipinski definition) is 1. The van der Waals surface area contributed by atoms with E-state index >= 15 is 0 Å². The van der Waals surface area contributed by atoms with Gasteiger partial charge in [0.05, 0.1) is 19.8 Å². The first-order valence-electron chi connectivity index (χ1n) is 8.81. The summed E-state index contributed by atoms with van der Waals surface area (Å²) in [5, 5.41) is 0.352. The van der Waals surface area contributed by atoms with E-state index in [1.165, 1.54) is 37.1 Å². The molecule has 2 heterocycles. The van der Waals surface area contributed by atoms with Gasteiger partial charge in [0.15, 0.2) is 16.7 Å². The molecule has 0 amide bonds. The summed E-state index contributed by atoms with van der Waals surface area (Å²) in [4.78, 5) is 4.56. The molecule has 28 heavy (non-hydrogen) atoms. The summed E-state index contributed by atoms with van der Waals surface area (Å²) in [6.07, 6.45) is 0.223. The number of fused-ring (bicyclic) bond motifs is 1. The average molecular weight is 408 g/mol. The van der Waals surface area contributed by atoms with E-state index in [4.69, 9.17) is 15.2 Å². The van der Waals surface area contributed by atoms with Gasteiger partial charge in [0.25, 0.3) is 0 Å². The summed E-state index contributed by atoms with van der Waals surface area (Å²) in [5.74, 6) is -1.08. The molecule has 0 bridgehead atoms. The van der Waals surface area contributed by atoms with Gasteiger partial charge in [-0.1, -0.05) is 23.9 Å². The summed E-state index contributed by atoms with van der Waals surface area (Å²) < 4.78 is 52.9. The van der Waals surface area contributed by atoms with Crippen molar-refractivity contribution in [1.29, 1.82) is 0 Å². The van der Waals surface area contributed by atoms with Crippen molar-refractivity contribution in [2.45, 2.75) is 18.1 Å². The lowest BCUT2D eigenvalue weighted by molar-refractivity contribution is -0.0588. The number of nitrogens with two attached hydrogens (primary N) is 1. The molecule has 8 heteroatoms. The Labute approximate surface area is 164 Å². The fourth-order valence-electron chi connectivity index (χ4n) is 3.92. The van der Waals surface area contributed by atoms with Crippen LogP contribution in [0, 0.1) is 23.4 Å². The summed E-state index contributed by atoms with van der Waals surface area (Å²) in [5.41, 5.74) is 5.99. The number of aliphatic imine (C=N–C) groups is 1. The molecule has 4 nitrogen and oxygen atoms in total. The predicted octanol–water partition coefficient (Wildman–Crippen LogP) is 4.15. The maximum Gasteiger partial charge on any atom is 0.165 e. The smallest absolute Gasteiger partial charge is 0.165 e. The highest BCUT2D eigenvalue weighted by molar-refractivity contribution is 8.13. The van der Waals surface area contributed by atoms with Gasteiger partial charge >= 0.3 is 0 Å². The number of rotatable bonds is 3. The first-order valence-corrected chi connectivity index (χ1v) is 9.80. The van der Waals surface area contributed by atoms with Crippen molar-refractivity contribution in [1.82, 2.24) is 0 Å². The number of thioether (sulfide) groups is 1. The normalized spacial score (nSPS) is 27.1. The minimum Gasteiger partial charge on any atom is -0.494 e. The van der Waals surface area contributed by atoms with E-state index in [-0.39, 0.29) is 29.9 Å². The summed E-state index contributed by atoms with van der Waals surface area (Å²) >= 11 is 1.40. The summed E-state index contributed by atoms with van der Waals surface area (Å²) in [6, 6.07) is 8.08. The van der Waals surface area contributed by atoms with Gasteiger partial charge in [0.2, 0.25) is 0 Å². The molecule has 4 rings (SSSR count). The van der Waals surface area contributed by atoms with Gasteiger partial charge in [0.1, 0.15) is 17.2 Å². The van der Waals surface area contributed by atoms with Crippen molar-refractivity contribution in [3.05, 3.63) is 65.0 Å². The Balaban J connectivity index is 1.70. The van der Waals surface area contributed by atoms with E-state index in [0.717, 1.165) is 11.6 Å². The van der Waals surface area contributed by atoms with Gasteiger partial charge < -0.3 is 15.2 Å². The van der Waals surface area contributed by atoms with Crippen LogP contribution in [0.3, 0.4) is 0 Å². The Morgan fingerprint density at radius 3 is 2.75 bits per heavy atom. The minimum atomic E-state index is -1.01. The van der Waals surface area contributed by atoms with Crippen LogP contribution in [-0.4, -0.2) is 24.6 Å². The number of methoxy groups -OCH3 is 1.